The van der Waals surface area contributed by atoms with Crippen LogP contribution in [0.1, 0.15) is 22.2 Å². The lowest BCUT2D eigenvalue weighted by atomic mass is 10.1. The molecule has 0 fully saturated rings. The zero-order valence-electron chi connectivity index (χ0n) is 13.7. The molecule has 0 aliphatic rings. The normalized spacial score (nSPS) is 10.4. The van der Waals surface area contributed by atoms with Gasteiger partial charge in [-0.25, -0.2) is 4.98 Å². The number of hydrogen-bond donors (Lipinski definition) is 3. The average molecular weight is 387 g/mol. The molecule has 2 aromatic carbocycles. The standard InChI is InChI=1S/C18H15ClN4O2S/c1-10(24)21-13-6-2-11(3-7-13)15(25)16-17(20)23-18(26-16)22-14-8-4-12(19)5-9-14/h2-9H,20H2,1H3,(H,21,24)(H,22,23). The second-order valence-electron chi connectivity index (χ2n) is 5.45. The number of aromatic nitrogens is 1. The number of nitrogens with one attached hydrogen (secondary N) is 2. The maximum absolute atomic E-state index is 12.7. The third-order valence-corrected chi connectivity index (χ3v) is 4.66. The van der Waals surface area contributed by atoms with E-state index in [4.69, 9.17) is 17.3 Å². The van der Waals surface area contributed by atoms with Crippen molar-refractivity contribution in [3.05, 3.63) is 64.0 Å². The molecule has 0 aliphatic carbocycles. The number of thiazole rings is 1. The summed E-state index contributed by atoms with van der Waals surface area (Å²) in [4.78, 5) is 28.3. The zero-order chi connectivity index (χ0) is 18.7. The molecule has 26 heavy (non-hydrogen) atoms. The highest BCUT2D eigenvalue weighted by molar-refractivity contribution is 7.18. The van der Waals surface area contributed by atoms with Crippen molar-refractivity contribution in [1.29, 1.82) is 0 Å². The molecule has 8 heteroatoms. The van der Waals surface area contributed by atoms with Gasteiger partial charge in [0.25, 0.3) is 0 Å². The molecule has 0 spiro atoms. The summed E-state index contributed by atoms with van der Waals surface area (Å²) in [7, 11) is 0. The Labute approximate surface area is 159 Å². The van der Waals surface area contributed by atoms with Crippen LogP contribution < -0.4 is 16.4 Å². The maximum atomic E-state index is 12.7. The van der Waals surface area contributed by atoms with Crippen molar-refractivity contribution in [3.8, 4) is 0 Å². The Morgan fingerprint density at radius 1 is 1.04 bits per heavy atom. The van der Waals surface area contributed by atoms with Crippen LogP contribution in [0.5, 0.6) is 0 Å². The van der Waals surface area contributed by atoms with Crippen molar-refractivity contribution in [2.45, 2.75) is 6.92 Å². The molecule has 1 amide bonds. The third-order valence-electron chi connectivity index (χ3n) is 3.42. The van der Waals surface area contributed by atoms with Crippen molar-refractivity contribution < 1.29 is 9.59 Å². The summed E-state index contributed by atoms with van der Waals surface area (Å²) < 4.78 is 0. The molecule has 0 atom stereocenters. The second-order valence-corrected chi connectivity index (χ2v) is 6.89. The van der Waals surface area contributed by atoms with Crippen molar-refractivity contribution in [1.82, 2.24) is 4.98 Å². The van der Waals surface area contributed by atoms with Gasteiger partial charge in [-0.15, -0.1) is 0 Å². The lowest BCUT2D eigenvalue weighted by molar-refractivity contribution is -0.114. The first-order valence-electron chi connectivity index (χ1n) is 7.63. The van der Waals surface area contributed by atoms with Gasteiger partial charge in [-0.05, 0) is 48.5 Å². The zero-order valence-corrected chi connectivity index (χ0v) is 15.3. The number of carbonyl (C=O) groups is 2. The predicted molar refractivity (Wildman–Crippen MR) is 105 cm³/mol. The monoisotopic (exact) mass is 386 g/mol. The topological polar surface area (TPSA) is 97.1 Å². The number of hydrogen-bond acceptors (Lipinski definition) is 6. The fourth-order valence-electron chi connectivity index (χ4n) is 2.24. The van der Waals surface area contributed by atoms with E-state index in [-0.39, 0.29) is 17.5 Å². The summed E-state index contributed by atoms with van der Waals surface area (Å²) in [6, 6.07) is 13.7. The highest BCUT2D eigenvalue weighted by Crippen LogP contribution is 2.30. The molecule has 0 aliphatic heterocycles. The Balaban J connectivity index is 1.78. The number of anilines is 4. The van der Waals surface area contributed by atoms with Crippen molar-refractivity contribution in [2.75, 3.05) is 16.4 Å². The molecule has 4 N–H and O–H groups in total. The summed E-state index contributed by atoms with van der Waals surface area (Å²) in [6.07, 6.45) is 0. The first-order chi connectivity index (χ1) is 12.4. The Bertz CT molecular complexity index is 952. The lowest BCUT2D eigenvalue weighted by Gasteiger charge is -2.03. The Morgan fingerprint density at radius 2 is 1.65 bits per heavy atom. The molecule has 0 saturated heterocycles. The van der Waals surface area contributed by atoms with E-state index in [1.165, 1.54) is 18.3 Å². The van der Waals surface area contributed by atoms with E-state index in [1.54, 1.807) is 36.4 Å². The van der Waals surface area contributed by atoms with Crippen molar-refractivity contribution in [2.24, 2.45) is 0 Å². The van der Waals surface area contributed by atoms with E-state index >= 15 is 0 Å². The van der Waals surface area contributed by atoms with Gasteiger partial charge >= 0.3 is 0 Å². The molecular weight excluding hydrogens is 372 g/mol. The number of nitrogen functional groups attached to an aromatic ring is 1. The summed E-state index contributed by atoms with van der Waals surface area (Å²) in [6.45, 7) is 1.42. The SMILES string of the molecule is CC(=O)Nc1ccc(C(=O)c2sc(Nc3ccc(Cl)cc3)nc2N)cc1. The Kier molecular flexibility index (Phi) is 5.20. The molecule has 0 unspecified atom stereocenters. The highest BCUT2D eigenvalue weighted by atomic mass is 35.5. The van der Waals surface area contributed by atoms with Gasteiger partial charge in [0.15, 0.2) is 5.13 Å². The van der Waals surface area contributed by atoms with Gasteiger partial charge in [-0.1, -0.05) is 22.9 Å². The quantitative estimate of drug-likeness (QED) is 0.567. The third kappa shape index (κ3) is 4.19. The van der Waals surface area contributed by atoms with Crippen molar-refractivity contribution in [3.63, 3.8) is 0 Å². The van der Waals surface area contributed by atoms with Crippen LogP contribution in [-0.2, 0) is 4.79 Å². The van der Waals surface area contributed by atoms with Gasteiger partial charge < -0.3 is 16.4 Å². The Hall–Kier alpha value is -2.90. The van der Waals surface area contributed by atoms with E-state index < -0.39 is 0 Å². The van der Waals surface area contributed by atoms with Gasteiger partial charge in [0.1, 0.15) is 10.7 Å². The first kappa shape index (κ1) is 17.9. The second kappa shape index (κ2) is 7.55. The Morgan fingerprint density at radius 3 is 2.27 bits per heavy atom. The minimum Gasteiger partial charge on any atom is -0.382 e. The number of ketones is 1. The fraction of sp³-hybridized carbons (Fsp3) is 0.0556. The summed E-state index contributed by atoms with van der Waals surface area (Å²) in [5.41, 5.74) is 7.79. The van der Waals surface area contributed by atoms with Gasteiger partial charge in [-0.2, -0.15) is 0 Å². The van der Waals surface area contributed by atoms with Crippen molar-refractivity contribution >= 4 is 57.0 Å². The van der Waals surface area contributed by atoms with Gasteiger partial charge in [0.05, 0.1) is 0 Å². The molecule has 6 nitrogen and oxygen atoms in total. The van der Waals surface area contributed by atoms with E-state index in [9.17, 15) is 9.59 Å². The molecule has 0 saturated carbocycles. The van der Waals surface area contributed by atoms with Crippen LogP contribution in [0.15, 0.2) is 48.5 Å². The summed E-state index contributed by atoms with van der Waals surface area (Å²) in [5, 5.41) is 6.90. The lowest BCUT2D eigenvalue weighted by Crippen LogP contribution is -2.06. The van der Waals surface area contributed by atoms with Crippen LogP contribution >= 0.6 is 22.9 Å². The number of rotatable bonds is 5. The van der Waals surface area contributed by atoms with Gasteiger partial charge in [-0.3, -0.25) is 9.59 Å². The molecule has 0 bridgehead atoms. The molecule has 3 aromatic rings. The van der Waals surface area contributed by atoms with Crippen LogP contribution in [-0.4, -0.2) is 16.7 Å². The maximum Gasteiger partial charge on any atom is 0.221 e. The first-order valence-corrected chi connectivity index (χ1v) is 8.83. The molecular formula is C18H15ClN4O2S. The number of nitrogens with zero attached hydrogens (tertiary/aromatic N) is 1. The van der Waals surface area contributed by atoms with Crippen LogP contribution in [0.2, 0.25) is 5.02 Å². The van der Waals surface area contributed by atoms with Crippen LogP contribution in [0, 0.1) is 0 Å². The van der Waals surface area contributed by atoms with Gasteiger partial charge in [0.2, 0.25) is 11.7 Å². The van der Waals surface area contributed by atoms with E-state index in [0.717, 1.165) is 5.69 Å². The number of carbonyl (C=O) groups excluding carboxylic acids is 2. The van der Waals surface area contributed by atoms with Gasteiger partial charge in [0, 0.05) is 28.9 Å². The molecule has 132 valence electrons. The fourth-order valence-corrected chi connectivity index (χ4v) is 3.24. The summed E-state index contributed by atoms with van der Waals surface area (Å²) >= 11 is 7.04. The smallest absolute Gasteiger partial charge is 0.221 e. The summed E-state index contributed by atoms with van der Waals surface area (Å²) in [5.74, 6) is -0.227. The molecule has 0 radical (unpaired) electrons. The minimum atomic E-state index is -0.224. The number of halogens is 1. The average Bonchev–Trinajstić information content (AvgIpc) is 2.97. The van der Waals surface area contributed by atoms with E-state index in [0.29, 0.717) is 26.3 Å². The number of nitrogens with two attached hydrogens (primary N) is 1. The van der Waals surface area contributed by atoms with E-state index in [1.807, 2.05) is 12.1 Å². The molecule has 3 rings (SSSR count). The van der Waals surface area contributed by atoms with Crippen LogP contribution in [0.4, 0.5) is 22.3 Å². The number of amides is 1. The van der Waals surface area contributed by atoms with Crippen LogP contribution in [0.3, 0.4) is 0 Å². The van der Waals surface area contributed by atoms with E-state index in [2.05, 4.69) is 15.6 Å². The minimum absolute atomic E-state index is 0.169. The largest absolute Gasteiger partial charge is 0.382 e. The molecule has 1 aromatic heterocycles. The molecule has 1 heterocycles. The highest BCUT2D eigenvalue weighted by Gasteiger charge is 2.18. The number of benzene rings is 2. The predicted octanol–water partition coefficient (Wildman–Crippen LogP) is 4.31. The van der Waals surface area contributed by atoms with Crippen LogP contribution in [0.25, 0.3) is 0 Å².